The highest BCUT2D eigenvalue weighted by molar-refractivity contribution is 9.10. The lowest BCUT2D eigenvalue weighted by molar-refractivity contribution is 0.288. The van der Waals surface area contributed by atoms with Gasteiger partial charge >= 0.3 is 0 Å². The van der Waals surface area contributed by atoms with Crippen molar-refractivity contribution in [2.24, 2.45) is 0 Å². The maximum atomic E-state index is 16.6. The van der Waals surface area contributed by atoms with Crippen LogP contribution in [-0.4, -0.2) is 50.6 Å². The first-order valence-electron chi connectivity index (χ1n) is 12.4. The Morgan fingerprint density at radius 3 is 2.42 bits per heavy atom. The lowest BCUT2D eigenvalue weighted by Gasteiger charge is -2.52. The van der Waals surface area contributed by atoms with Gasteiger partial charge in [-0.25, -0.2) is 13.8 Å². The van der Waals surface area contributed by atoms with Crippen LogP contribution in [-0.2, 0) is 16.9 Å². The Balaban J connectivity index is 2.86. The Kier molecular flexibility index (Phi) is 10.5. The summed E-state index contributed by atoms with van der Waals surface area (Å²) in [6.07, 6.45) is 1.10. The van der Waals surface area contributed by atoms with Gasteiger partial charge in [0, 0.05) is 23.7 Å². The van der Waals surface area contributed by atoms with Gasteiger partial charge in [-0.15, -0.1) is 4.72 Å². The standard InChI is InChI=1S/C24H41BrF2N4O2S2Si/c1-8-36(9-2,10-3)18-14-19(25)30-21(20(18)27)24(15-26,31-34(32)22(4,5)6)17-35(33)23(7,16-28)12-11-13-29-35/h14,29,31,33H,8-13,15,17H2,1-7H3/t23-,24+,34?/m0/s1. The lowest BCUT2D eigenvalue weighted by Crippen LogP contribution is -2.60. The average Bonchev–Trinajstić information content (AvgIpc) is 2.83. The fraction of sp³-hybridized carbons (Fsp3) is 0.750. The Bertz CT molecular complexity index is 970. The predicted octanol–water partition coefficient (Wildman–Crippen LogP) is 5.77. The SMILES string of the molecule is CC[Si](CC)(CC)c1cc(Br)nc([C@@](CF)(CS2(O)NCCC[C@@]2(C)C#N)N[S+]([O-])C(C)(C)C)c1F. The van der Waals surface area contributed by atoms with Gasteiger partial charge in [0.2, 0.25) is 0 Å². The van der Waals surface area contributed by atoms with Crippen LogP contribution in [0.25, 0.3) is 0 Å². The Labute approximate surface area is 229 Å². The van der Waals surface area contributed by atoms with Gasteiger partial charge in [0.15, 0.2) is 0 Å². The molecule has 1 aromatic heterocycles. The zero-order valence-corrected chi connectivity index (χ0v) is 26.7. The van der Waals surface area contributed by atoms with Crippen LogP contribution in [0.5, 0.6) is 0 Å². The molecule has 0 aliphatic carbocycles. The van der Waals surface area contributed by atoms with Crippen LogP contribution < -0.4 is 14.6 Å². The third-order valence-corrected chi connectivity index (χ3v) is 18.7. The first-order chi connectivity index (χ1) is 16.6. The second-order valence-electron chi connectivity index (χ2n) is 10.9. The van der Waals surface area contributed by atoms with Crippen molar-refractivity contribution < 1.29 is 17.9 Å². The Morgan fingerprint density at radius 2 is 1.94 bits per heavy atom. The topological polar surface area (TPSA) is 104 Å². The molecular weight excluding hydrogens is 586 g/mol. The van der Waals surface area contributed by atoms with Crippen molar-refractivity contribution >= 4 is 51.0 Å². The first-order valence-corrected chi connectivity index (χ1v) is 18.8. The van der Waals surface area contributed by atoms with E-state index in [4.69, 9.17) is 0 Å². The van der Waals surface area contributed by atoms with E-state index in [1.807, 2.05) is 0 Å². The fourth-order valence-corrected chi connectivity index (χ4v) is 12.9. The highest BCUT2D eigenvalue weighted by atomic mass is 79.9. The molecule has 0 amide bonds. The molecular formula is C24H41BrF2N4O2S2Si. The highest BCUT2D eigenvalue weighted by Crippen LogP contribution is 2.59. The Hall–Kier alpha value is -0.263. The number of hydrogen-bond donors (Lipinski definition) is 3. The lowest BCUT2D eigenvalue weighted by atomic mass is 9.99. The molecule has 1 aliphatic rings. The summed E-state index contributed by atoms with van der Waals surface area (Å²) >= 11 is 1.61. The minimum absolute atomic E-state index is 0.201. The minimum atomic E-state index is -2.99. The quantitative estimate of drug-likeness (QED) is 0.173. The smallest absolute Gasteiger partial charge is 0.147 e. The zero-order valence-electron chi connectivity index (χ0n) is 22.4. The second-order valence-corrected chi connectivity index (χ2v) is 21.8. The van der Waals surface area contributed by atoms with Gasteiger partial charge in [0.25, 0.3) is 0 Å². The summed E-state index contributed by atoms with van der Waals surface area (Å²) in [6, 6.07) is 6.34. The van der Waals surface area contributed by atoms with Gasteiger partial charge < -0.3 is 9.11 Å². The molecule has 2 rings (SSSR count). The van der Waals surface area contributed by atoms with Gasteiger partial charge in [-0.1, -0.05) is 49.4 Å². The summed E-state index contributed by atoms with van der Waals surface area (Å²) in [5.41, 5.74) is -2.12. The molecule has 0 bridgehead atoms. The summed E-state index contributed by atoms with van der Waals surface area (Å²) in [5, 5.41) is 10.5. The van der Waals surface area contributed by atoms with E-state index in [2.05, 4.69) is 57.2 Å². The normalized spacial score (nSPS) is 27.5. The molecule has 1 fully saturated rings. The number of nitrogens with zero attached hydrogens (tertiary/aromatic N) is 2. The number of nitrogens with one attached hydrogen (secondary N) is 2. The molecule has 0 spiro atoms. The van der Waals surface area contributed by atoms with E-state index in [0.717, 1.165) is 18.1 Å². The van der Waals surface area contributed by atoms with Crippen LogP contribution in [0, 0.1) is 17.1 Å². The summed E-state index contributed by atoms with van der Waals surface area (Å²) < 4.78 is 61.5. The van der Waals surface area contributed by atoms with Crippen molar-refractivity contribution in [3.05, 3.63) is 22.2 Å². The molecule has 0 radical (unpaired) electrons. The first kappa shape index (κ1) is 32.0. The number of aromatic nitrogens is 1. The van der Waals surface area contributed by atoms with E-state index >= 15 is 8.78 Å². The van der Waals surface area contributed by atoms with Crippen molar-refractivity contribution in [1.82, 2.24) is 14.4 Å². The van der Waals surface area contributed by atoms with Crippen LogP contribution in [0.3, 0.4) is 0 Å². The summed E-state index contributed by atoms with van der Waals surface area (Å²) in [6.45, 7) is 12.3. The molecule has 1 saturated heterocycles. The second kappa shape index (κ2) is 11.9. The molecule has 0 saturated carbocycles. The minimum Gasteiger partial charge on any atom is -0.598 e. The molecule has 0 aromatic carbocycles. The summed E-state index contributed by atoms with van der Waals surface area (Å²) in [4.78, 5) is 4.42. The van der Waals surface area contributed by atoms with Crippen LogP contribution in [0.1, 0.15) is 67.0 Å². The van der Waals surface area contributed by atoms with Crippen LogP contribution in [0.4, 0.5) is 8.78 Å². The predicted molar refractivity (Wildman–Crippen MR) is 154 cm³/mol. The molecule has 12 heteroatoms. The van der Waals surface area contributed by atoms with Gasteiger partial charge in [0.1, 0.15) is 37.8 Å². The molecule has 2 heterocycles. The van der Waals surface area contributed by atoms with Crippen molar-refractivity contribution in [3.8, 4) is 6.07 Å². The molecule has 3 N–H and O–H groups in total. The monoisotopic (exact) mass is 626 g/mol. The van der Waals surface area contributed by atoms with Crippen LogP contribution >= 0.6 is 26.4 Å². The van der Waals surface area contributed by atoms with Gasteiger partial charge in [-0.05, 0) is 67.7 Å². The summed E-state index contributed by atoms with van der Waals surface area (Å²) in [5.74, 6) is -0.954. The van der Waals surface area contributed by atoms with Gasteiger partial charge in [0.05, 0.1) is 14.1 Å². The highest BCUT2D eigenvalue weighted by Gasteiger charge is 2.55. The third kappa shape index (κ3) is 5.98. The maximum Gasteiger partial charge on any atom is 0.147 e. The van der Waals surface area contributed by atoms with Crippen molar-refractivity contribution in [1.29, 1.82) is 5.26 Å². The van der Waals surface area contributed by atoms with Gasteiger partial charge in [-0.3, -0.25) is 4.72 Å². The third-order valence-electron chi connectivity index (χ3n) is 7.66. The maximum absolute atomic E-state index is 16.6. The number of rotatable bonds is 10. The Morgan fingerprint density at radius 1 is 1.36 bits per heavy atom. The molecule has 1 aliphatic heterocycles. The van der Waals surface area contributed by atoms with Crippen molar-refractivity contribution in [2.75, 3.05) is 19.0 Å². The van der Waals surface area contributed by atoms with Crippen molar-refractivity contribution in [3.63, 3.8) is 0 Å². The van der Waals surface area contributed by atoms with E-state index in [1.54, 1.807) is 33.8 Å². The molecule has 36 heavy (non-hydrogen) atoms. The van der Waals surface area contributed by atoms with E-state index in [-0.39, 0.29) is 11.4 Å². The molecule has 2 unspecified atom stereocenters. The number of pyridine rings is 1. The number of hydrogen-bond acceptors (Lipinski definition) is 6. The van der Waals surface area contributed by atoms with E-state index in [1.165, 1.54) is 0 Å². The number of nitriles is 1. The fourth-order valence-electron chi connectivity index (χ4n) is 4.82. The van der Waals surface area contributed by atoms with E-state index in [9.17, 15) is 14.4 Å². The molecule has 206 valence electrons. The van der Waals surface area contributed by atoms with Gasteiger partial charge in [-0.2, -0.15) is 5.26 Å². The van der Waals surface area contributed by atoms with Crippen LogP contribution in [0.15, 0.2) is 10.7 Å². The van der Waals surface area contributed by atoms with E-state index in [0.29, 0.717) is 29.2 Å². The number of alkyl halides is 1. The summed E-state index contributed by atoms with van der Waals surface area (Å²) in [7, 11) is -5.26. The zero-order chi connectivity index (χ0) is 27.6. The van der Waals surface area contributed by atoms with Crippen LogP contribution in [0.2, 0.25) is 18.1 Å². The number of halogens is 3. The molecule has 1 aromatic rings. The average molecular weight is 628 g/mol. The van der Waals surface area contributed by atoms with E-state index < -0.39 is 57.5 Å². The largest absolute Gasteiger partial charge is 0.598 e. The molecule has 6 nitrogen and oxygen atoms in total. The van der Waals surface area contributed by atoms with Crippen molar-refractivity contribution in [2.45, 2.75) is 94.5 Å². The molecule has 4 atom stereocenters.